The van der Waals surface area contributed by atoms with E-state index in [4.69, 9.17) is 14.0 Å². The Bertz CT molecular complexity index is 2270. The summed E-state index contributed by atoms with van der Waals surface area (Å²) < 4.78 is 59.0. The van der Waals surface area contributed by atoms with E-state index in [1.165, 1.54) is 11.6 Å². The van der Waals surface area contributed by atoms with Crippen molar-refractivity contribution in [1.82, 2.24) is 20.4 Å². The average molecular weight is 895 g/mol. The molecule has 5 aromatic rings. The number of aliphatic hydroxyl groups excluding tert-OH is 1. The highest BCUT2D eigenvalue weighted by Crippen LogP contribution is 2.40. The number of carbonyl (C=O) groups is 1. The minimum Gasteiger partial charge on any atom is -0.453 e. The molecule has 13 nitrogen and oxygen atoms in total. The Labute approximate surface area is 369 Å². The lowest BCUT2D eigenvalue weighted by Crippen LogP contribution is -2.44. The number of hydrogen-bond donors (Lipinski definition) is 5. The van der Waals surface area contributed by atoms with E-state index in [9.17, 15) is 33.0 Å². The van der Waals surface area contributed by atoms with Crippen LogP contribution in [0.15, 0.2) is 85.1 Å². The second-order valence-electron chi connectivity index (χ2n) is 17.0. The van der Waals surface area contributed by atoms with E-state index in [0.717, 1.165) is 75.9 Å². The number of nitrogens with zero attached hydrogens (tertiary/aromatic N) is 3. The number of unbranched alkanes of at least 4 members (excludes halogenated alkanes) is 4. The number of hydrogen-bond acceptors (Lipinski definition) is 8. The lowest BCUT2D eigenvalue weighted by atomic mass is 10.0. The second-order valence-corrected chi connectivity index (χ2v) is 18.2. The number of aliphatic hydroxyl groups is 1. The van der Waals surface area contributed by atoms with Crippen molar-refractivity contribution in [2.75, 3.05) is 46.9 Å². The van der Waals surface area contributed by atoms with E-state index in [1.54, 1.807) is 35.1 Å². The van der Waals surface area contributed by atoms with Gasteiger partial charge in [0, 0.05) is 43.2 Å². The Balaban J connectivity index is 1.12. The zero-order valence-electron chi connectivity index (χ0n) is 36.8. The number of benzene rings is 4. The van der Waals surface area contributed by atoms with Crippen LogP contribution < -0.4 is 19.9 Å². The van der Waals surface area contributed by atoms with Crippen molar-refractivity contribution in [2.45, 2.75) is 84.5 Å². The Morgan fingerprint density at radius 2 is 1.59 bits per heavy atom. The zero-order chi connectivity index (χ0) is 45.4. The van der Waals surface area contributed by atoms with Crippen LogP contribution in [0, 0.1) is 17.6 Å². The van der Waals surface area contributed by atoms with E-state index in [1.807, 2.05) is 34.0 Å². The summed E-state index contributed by atoms with van der Waals surface area (Å²) in [7, 11) is -1.09. The molecule has 0 fully saturated rings. The number of nitrogens with one attached hydrogen (secondary N) is 2. The van der Waals surface area contributed by atoms with Crippen LogP contribution in [0.25, 0.3) is 10.9 Å². The molecular weight excluding hydrogens is 832 g/mol. The predicted octanol–water partition coefficient (Wildman–Crippen LogP) is 8.29. The highest BCUT2D eigenvalue weighted by molar-refractivity contribution is 7.46. The molecule has 0 spiro atoms. The van der Waals surface area contributed by atoms with Crippen LogP contribution in [0.4, 0.5) is 8.78 Å². The third-order valence-corrected chi connectivity index (χ3v) is 10.9. The first-order chi connectivity index (χ1) is 30.0. The lowest BCUT2D eigenvalue weighted by Gasteiger charge is -2.31. The Morgan fingerprint density at radius 1 is 0.857 bits per heavy atom. The molecule has 0 aliphatic carbocycles. The van der Waals surface area contributed by atoms with Crippen molar-refractivity contribution < 1.29 is 51.5 Å². The van der Waals surface area contributed by atoms with E-state index in [0.29, 0.717) is 42.2 Å². The number of phosphoric acid groups is 1. The first kappa shape index (κ1) is 49.3. The molecule has 0 saturated heterocycles. The van der Waals surface area contributed by atoms with Crippen molar-refractivity contribution in [3.8, 4) is 17.2 Å². The number of aromatic nitrogens is 2. The van der Waals surface area contributed by atoms with Gasteiger partial charge in [-0.2, -0.15) is 5.10 Å². The van der Waals surface area contributed by atoms with Crippen molar-refractivity contribution in [1.29, 1.82) is 0 Å². The molecule has 1 unspecified atom stereocenters. The summed E-state index contributed by atoms with van der Waals surface area (Å²) in [5, 5.41) is 22.0. The molecule has 5 rings (SSSR count). The molecule has 1 amide bonds. The molecule has 1 atom stereocenters. The van der Waals surface area contributed by atoms with Gasteiger partial charge in [-0.15, -0.1) is 0 Å². The van der Waals surface area contributed by atoms with Gasteiger partial charge in [0.2, 0.25) is 0 Å². The summed E-state index contributed by atoms with van der Waals surface area (Å²) in [4.78, 5) is 33.1. The first-order valence-electron chi connectivity index (χ1n) is 21.7. The molecule has 1 aromatic heterocycles. The van der Waals surface area contributed by atoms with E-state index in [2.05, 4.69) is 40.0 Å². The number of halogens is 2. The van der Waals surface area contributed by atoms with E-state index < -0.39 is 31.6 Å². The number of phosphoric ester groups is 1. The van der Waals surface area contributed by atoms with Crippen LogP contribution in [0.1, 0.15) is 79.4 Å². The maximum absolute atomic E-state index is 14.7. The van der Waals surface area contributed by atoms with Crippen molar-refractivity contribution in [2.24, 2.45) is 5.92 Å². The van der Waals surface area contributed by atoms with Gasteiger partial charge in [0.25, 0.3) is 5.91 Å². The van der Waals surface area contributed by atoms with Crippen molar-refractivity contribution >= 4 is 24.6 Å². The highest BCUT2D eigenvalue weighted by atomic mass is 31.2. The number of ether oxygens (including phenoxy) is 2. The maximum Gasteiger partial charge on any atom is 0.524 e. The normalized spacial score (nSPS) is 12.5. The van der Waals surface area contributed by atoms with Crippen molar-refractivity contribution in [3.63, 3.8) is 0 Å². The van der Waals surface area contributed by atoms with E-state index >= 15 is 0 Å². The summed E-state index contributed by atoms with van der Waals surface area (Å²) in [6.45, 7) is 7.68. The molecule has 1 heterocycles. The summed E-state index contributed by atoms with van der Waals surface area (Å²) in [5.41, 5.74) is 3.43. The number of amides is 1. The molecule has 0 aliphatic heterocycles. The number of aryl methyl sites for hydroxylation is 1. The van der Waals surface area contributed by atoms with Crippen LogP contribution in [-0.2, 0) is 35.2 Å². The second kappa shape index (κ2) is 23.8. The fourth-order valence-electron chi connectivity index (χ4n) is 7.27. The van der Waals surface area contributed by atoms with Crippen LogP contribution >= 0.6 is 7.82 Å². The van der Waals surface area contributed by atoms with Gasteiger partial charge in [0.1, 0.15) is 30.1 Å². The average Bonchev–Trinajstić information content (AvgIpc) is 3.60. The summed E-state index contributed by atoms with van der Waals surface area (Å²) >= 11 is 0. The zero-order valence-corrected chi connectivity index (χ0v) is 37.7. The molecule has 0 bridgehead atoms. The Hall–Kier alpha value is -4.73. The molecule has 0 aliphatic rings. The predicted molar refractivity (Wildman–Crippen MR) is 240 cm³/mol. The standard InChI is InChI=1S/C47H62F2N5O8P/c1-34(2)32-53-42-30-40(45(28-37(42)31-52-53)61-44-20-18-39(48)29-41(44)49)47(56)51-22-23-54(3,4)33-38-26-36(17-19-43(38)62-63(57,58)59)27-46(55)50-21-11-5-6-12-24-60-25-13-10-16-35-14-8-7-9-15-35/h7-9,14-15,17-20,26,28-31,34,46,50,55H,5-6,10-13,16,21-25,27,32-33H2,1-4H3,(H2-,51,56,57,58,59)/p+1. The molecule has 63 heavy (non-hydrogen) atoms. The number of quaternary nitrogens is 1. The van der Waals surface area contributed by atoms with Gasteiger partial charge in [-0.1, -0.05) is 63.1 Å². The maximum atomic E-state index is 14.7. The van der Waals surface area contributed by atoms with Gasteiger partial charge in [0.15, 0.2) is 11.6 Å². The van der Waals surface area contributed by atoms with Crippen LogP contribution in [0.3, 0.4) is 0 Å². The summed E-state index contributed by atoms with van der Waals surface area (Å²) in [6.07, 6.45) is 8.24. The molecule has 4 aromatic carbocycles. The molecule has 342 valence electrons. The summed E-state index contributed by atoms with van der Waals surface area (Å²) in [6, 6.07) is 21.6. The number of fused-ring (bicyclic) bond motifs is 1. The largest absolute Gasteiger partial charge is 0.524 e. The van der Waals surface area contributed by atoms with Gasteiger partial charge in [-0.25, -0.2) is 13.3 Å². The quantitative estimate of drug-likeness (QED) is 0.0150. The Kier molecular flexibility index (Phi) is 18.6. The van der Waals surface area contributed by atoms with E-state index in [-0.39, 0.29) is 52.7 Å². The topological polar surface area (TPSA) is 164 Å². The lowest BCUT2D eigenvalue weighted by molar-refractivity contribution is -0.902. The molecule has 16 heteroatoms. The summed E-state index contributed by atoms with van der Waals surface area (Å²) in [5.74, 6) is -2.06. The molecule has 0 saturated carbocycles. The monoisotopic (exact) mass is 894 g/mol. The Morgan fingerprint density at radius 3 is 2.32 bits per heavy atom. The third kappa shape index (κ3) is 16.7. The van der Waals surface area contributed by atoms with Crippen LogP contribution in [0.2, 0.25) is 0 Å². The number of rotatable bonds is 27. The number of carbonyl (C=O) groups excluding carboxylic acids is 1. The molecule has 0 radical (unpaired) electrons. The fourth-order valence-corrected chi connectivity index (χ4v) is 7.70. The van der Waals surface area contributed by atoms with Crippen LogP contribution in [-0.4, -0.2) is 88.2 Å². The van der Waals surface area contributed by atoms with Gasteiger partial charge in [-0.3, -0.25) is 24.6 Å². The fraction of sp³-hybridized carbons (Fsp3) is 0.447. The SMILES string of the molecule is CC(C)Cn1ncc2cc(Oc3ccc(F)cc3F)c(C(=O)NCC[N+](C)(C)Cc3cc(CC(O)NCCCCCCOCCCCc4ccccc4)ccc3OP(=O)(O)O)cc21. The van der Waals surface area contributed by atoms with Gasteiger partial charge >= 0.3 is 7.82 Å². The highest BCUT2D eigenvalue weighted by Gasteiger charge is 2.25. The van der Waals surface area contributed by atoms with Gasteiger partial charge in [0.05, 0.1) is 44.5 Å². The van der Waals surface area contributed by atoms with Gasteiger partial charge in [-0.05, 0) is 92.1 Å². The van der Waals surface area contributed by atoms with Crippen molar-refractivity contribution in [3.05, 3.63) is 119 Å². The molecular formula is C47H63F2N5O8P+. The minimum absolute atomic E-state index is 0.0158. The van der Waals surface area contributed by atoms with Crippen LogP contribution in [0.5, 0.6) is 17.2 Å². The van der Waals surface area contributed by atoms with Gasteiger partial charge < -0.3 is 28.9 Å². The third-order valence-electron chi connectivity index (χ3n) is 10.5. The minimum atomic E-state index is -4.89. The molecule has 5 N–H and O–H groups in total. The first-order valence-corrected chi connectivity index (χ1v) is 23.2. The number of likely N-dealkylation sites (N-methyl/N-ethyl adjacent to an activating group) is 1. The smallest absolute Gasteiger partial charge is 0.453 e.